The molecule has 0 aliphatic carbocycles. The lowest BCUT2D eigenvalue weighted by atomic mass is 9.98. The fraction of sp³-hybridized carbons (Fsp3) is 0.312. The van der Waals surface area contributed by atoms with Crippen molar-refractivity contribution in [3.05, 3.63) is 64.2 Å². The molecular weight excluding hydrogens is 275 g/mol. The van der Waals surface area contributed by atoms with Gasteiger partial charge in [-0.2, -0.15) is 0 Å². The summed E-state index contributed by atoms with van der Waals surface area (Å²) in [5.41, 5.74) is 2.60. The third kappa shape index (κ3) is 3.56. The van der Waals surface area contributed by atoms with Crippen LogP contribution in [0.25, 0.3) is 0 Å². The van der Waals surface area contributed by atoms with Gasteiger partial charge in [0.2, 0.25) is 0 Å². The fourth-order valence-electron chi connectivity index (χ4n) is 2.17. The SMILES string of the molecule is CCNC(Cc1ccncc1Cl)c1ccc(C)c(F)c1. The third-order valence-electron chi connectivity index (χ3n) is 3.33. The second kappa shape index (κ2) is 6.82. The van der Waals surface area contributed by atoms with E-state index in [1.165, 1.54) is 0 Å². The van der Waals surface area contributed by atoms with Gasteiger partial charge in [-0.05, 0) is 48.7 Å². The second-order valence-electron chi connectivity index (χ2n) is 4.79. The van der Waals surface area contributed by atoms with E-state index in [2.05, 4.69) is 10.3 Å². The number of aromatic nitrogens is 1. The van der Waals surface area contributed by atoms with Crippen LogP contribution < -0.4 is 5.32 Å². The molecule has 20 heavy (non-hydrogen) atoms. The Hall–Kier alpha value is -1.45. The summed E-state index contributed by atoms with van der Waals surface area (Å²) in [6, 6.07) is 7.30. The van der Waals surface area contributed by atoms with Crippen LogP contribution in [0.2, 0.25) is 5.02 Å². The third-order valence-corrected chi connectivity index (χ3v) is 3.67. The first-order chi connectivity index (χ1) is 9.61. The van der Waals surface area contributed by atoms with E-state index in [1.807, 2.05) is 25.1 Å². The van der Waals surface area contributed by atoms with Crippen molar-refractivity contribution in [3.8, 4) is 0 Å². The molecule has 2 nitrogen and oxygen atoms in total. The van der Waals surface area contributed by atoms with E-state index in [4.69, 9.17) is 11.6 Å². The molecule has 2 rings (SSSR count). The summed E-state index contributed by atoms with van der Waals surface area (Å²) in [7, 11) is 0. The monoisotopic (exact) mass is 292 g/mol. The average Bonchev–Trinajstić information content (AvgIpc) is 2.44. The average molecular weight is 293 g/mol. The molecule has 0 bridgehead atoms. The zero-order valence-electron chi connectivity index (χ0n) is 11.7. The van der Waals surface area contributed by atoms with Gasteiger partial charge in [-0.25, -0.2) is 4.39 Å². The molecule has 0 saturated carbocycles. The van der Waals surface area contributed by atoms with E-state index in [0.29, 0.717) is 17.0 Å². The number of pyridine rings is 1. The van der Waals surface area contributed by atoms with Gasteiger partial charge in [-0.3, -0.25) is 4.98 Å². The summed E-state index contributed by atoms with van der Waals surface area (Å²) in [6.45, 7) is 4.61. The van der Waals surface area contributed by atoms with E-state index < -0.39 is 0 Å². The van der Waals surface area contributed by atoms with Gasteiger partial charge in [0.25, 0.3) is 0 Å². The quantitative estimate of drug-likeness (QED) is 0.898. The van der Waals surface area contributed by atoms with Crippen LogP contribution in [0.1, 0.15) is 29.7 Å². The van der Waals surface area contributed by atoms with Gasteiger partial charge >= 0.3 is 0 Å². The molecule has 1 aromatic carbocycles. The van der Waals surface area contributed by atoms with Gasteiger partial charge in [0.05, 0.1) is 5.02 Å². The first kappa shape index (κ1) is 14.9. The predicted octanol–water partition coefficient (Wildman–Crippen LogP) is 4.08. The van der Waals surface area contributed by atoms with E-state index in [-0.39, 0.29) is 11.9 Å². The molecule has 2 aromatic rings. The molecule has 1 unspecified atom stereocenters. The molecular formula is C16H18ClFN2. The van der Waals surface area contributed by atoms with Crippen LogP contribution in [0.5, 0.6) is 0 Å². The van der Waals surface area contributed by atoms with Crippen LogP contribution in [0, 0.1) is 12.7 Å². The maximum atomic E-state index is 13.7. The van der Waals surface area contributed by atoms with Gasteiger partial charge in [0.15, 0.2) is 0 Å². The maximum Gasteiger partial charge on any atom is 0.126 e. The number of hydrogen-bond acceptors (Lipinski definition) is 2. The number of halogens is 2. The zero-order chi connectivity index (χ0) is 14.5. The summed E-state index contributed by atoms with van der Waals surface area (Å²) in [5.74, 6) is -0.175. The largest absolute Gasteiger partial charge is 0.310 e. The maximum absolute atomic E-state index is 13.7. The van der Waals surface area contributed by atoms with Crippen molar-refractivity contribution in [1.82, 2.24) is 10.3 Å². The number of nitrogens with one attached hydrogen (secondary N) is 1. The lowest BCUT2D eigenvalue weighted by Crippen LogP contribution is -2.23. The summed E-state index contributed by atoms with van der Waals surface area (Å²) in [4.78, 5) is 3.98. The second-order valence-corrected chi connectivity index (χ2v) is 5.20. The number of hydrogen-bond donors (Lipinski definition) is 1. The topological polar surface area (TPSA) is 24.9 Å². The van der Waals surface area contributed by atoms with Crippen molar-refractivity contribution >= 4 is 11.6 Å². The van der Waals surface area contributed by atoms with Gasteiger partial charge in [0.1, 0.15) is 5.82 Å². The highest BCUT2D eigenvalue weighted by atomic mass is 35.5. The van der Waals surface area contributed by atoms with Gasteiger partial charge in [-0.15, -0.1) is 0 Å². The van der Waals surface area contributed by atoms with Crippen LogP contribution >= 0.6 is 11.6 Å². The van der Waals surface area contributed by atoms with Gasteiger partial charge in [0, 0.05) is 18.4 Å². The normalized spacial score (nSPS) is 12.4. The van der Waals surface area contributed by atoms with E-state index >= 15 is 0 Å². The fourth-order valence-corrected chi connectivity index (χ4v) is 2.37. The Bertz CT molecular complexity index is 586. The highest BCUT2D eigenvalue weighted by molar-refractivity contribution is 6.31. The summed E-state index contributed by atoms with van der Waals surface area (Å²) < 4.78 is 13.7. The molecule has 1 atom stereocenters. The van der Waals surface area contributed by atoms with Gasteiger partial charge in [-0.1, -0.05) is 30.7 Å². The van der Waals surface area contributed by atoms with E-state index in [1.54, 1.807) is 25.4 Å². The summed E-state index contributed by atoms with van der Waals surface area (Å²) in [6.07, 6.45) is 4.06. The van der Waals surface area contributed by atoms with Crippen LogP contribution in [0.15, 0.2) is 36.7 Å². The Balaban J connectivity index is 2.27. The molecule has 1 N–H and O–H groups in total. The van der Waals surface area contributed by atoms with Crippen LogP contribution in [-0.4, -0.2) is 11.5 Å². The van der Waals surface area contributed by atoms with Crippen LogP contribution in [0.4, 0.5) is 4.39 Å². The van der Waals surface area contributed by atoms with E-state index in [0.717, 1.165) is 17.7 Å². The molecule has 0 spiro atoms. The Morgan fingerprint density at radius 2 is 2.15 bits per heavy atom. The molecule has 106 valence electrons. The Morgan fingerprint density at radius 1 is 1.35 bits per heavy atom. The molecule has 0 fully saturated rings. The lowest BCUT2D eigenvalue weighted by molar-refractivity contribution is 0.541. The zero-order valence-corrected chi connectivity index (χ0v) is 12.4. The highest BCUT2D eigenvalue weighted by Crippen LogP contribution is 2.24. The minimum absolute atomic E-state index is 0.0370. The molecule has 1 heterocycles. The first-order valence-corrected chi connectivity index (χ1v) is 7.07. The molecule has 0 aliphatic rings. The summed E-state index contributed by atoms with van der Waals surface area (Å²) in [5, 5.41) is 4.02. The number of benzene rings is 1. The predicted molar refractivity (Wildman–Crippen MR) is 80.5 cm³/mol. The van der Waals surface area contributed by atoms with Crippen LogP contribution in [-0.2, 0) is 6.42 Å². The molecule has 0 amide bonds. The minimum atomic E-state index is -0.175. The van der Waals surface area contributed by atoms with Crippen molar-refractivity contribution in [2.75, 3.05) is 6.54 Å². The van der Waals surface area contributed by atoms with Crippen molar-refractivity contribution in [2.24, 2.45) is 0 Å². The molecule has 0 radical (unpaired) electrons. The van der Waals surface area contributed by atoms with Crippen molar-refractivity contribution in [1.29, 1.82) is 0 Å². The highest BCUT2D eigenvalue weighted by Gasteiger charge is 2.14. The van der Waals surface area contributed by atoms with Crippen LogP contribution in [0.3, 0.4) is 0 Å². The molecule has 4 heteroatoms. The molecule has 1 aromatic heterocycles. The smallest absolute Gasteiger partial charge is 0.126 e. The summed E-state index contributed by atoms with van der Waals surface area (Å²) >= 11 is 6.15. The Morgan fingerprint density at radius 3 is 2.80 bits per heavy atom. The Kier molecular flexibility index (Phi) is 5.10. The lowest BCUT2D eigenvalue weighted by Gasteiger charge is -2.19. The number of likely N-dealkylation sites (N-methyl/N-ethyl adjacent to an activating group) is 1. The first-order valence-electron chi connectivity index (χ1n) is 6.69. The number of rotatable bonds is 5. The number of nitrogens with zero attached hydrogens (tertiary/aromatic N) is 1. The standard InChI is InChI=1S/C16H18ClFN2/c1-3-20-16(9-12-6-7-19-10-14(12)17)13-5-4-11(2)15(18)8-13/h4-8,10,16,20H,3,9H2,1-2H3. The van der Waals surface area contributed by atoms with Gasteiger partial charge < -0.3 is 5.32 Å². The Labute approximate surface area is 124 Å². The van der Waals surface area contributed by atoms with Crippen molar-refractivity contribution < 1.29 is 4.39 Å². The van der Waals surface area contributed by atoms with Crippen molar-refractivity contribution in [3.63, 3.8) is 0 Å². The van der Waals surface area contributed by atoms with Crippen molar-refractivity contribution in [2.45, 2.75) is 26.3 Å². The molecule has 0 aliphatic heterocycles. The minimum Gasteiger partial charge on any atom is -0.310 e. The number of aryl methyl sites for hydroxylation is 1. The van der Waals surface area contributed by atoms with E-state index in [9.17, 15) is 4.39 Å². The molecule has 0 saturated heterocycles.